The van der Waals surface area contributed by atoms with Crippen LogP contribution in [0.1, 0.15) is 12.8 Å². The lowest BCUT2D eigenvalue weighted by Gasteiger charge is -2.34. The number of carbonyl (C=O) groups is 1. The molecule has 1 atom stereocenters. The first-order valence-electron chi connectivity index (χ1n) is 10.4. The molecular formula is C22H24N8O. The smallest absolute Gasteiger partial charge is 0.239 e. The summed E-state index contributed by atoms with van der Waals surface area (Å²) in [4.78, 5) is 26.7. The van der Waals surface area contributed by atoms with Gasteiger partial charge in [-0.2, -0.15) is 5.10 Å². The molecule has 9 nitrogen and oxygen atoms in total. The molecule has 0 radical (unpaired) electrons. The molecule has 3 aromatic heterocycles. The van der Waals surface area contributed by atoms with Crippen molar-refractivity contribution in [2.75, 3.05) is 29.9 Å². The number of hydrogen-bond acceptors (Lipinski definition) is 6. The molecule has 0 bridgehead atoms. The van der Waals surface area contributed by atoms with Gasteiger partial charge in [-0.3, -0.25) is 4.79 Å². The minimum atomic E-state index is -0.0224. The normalized spacial score (nSPS) is 16.4. The van der Waals surface area contributed by atoms with Crippen molar-refractivity contribution in [1.29, 1.82) is 0 Å². The minimum Gasteiger partial charge on any atom is -0.376 e. The summed E-state index contributed by atoms with van der Waals surface area (Å²) in [5, 5.41) is 11.6. The maximum Gasteiger partial charge on any atom is 0.239 e. The lowest BCUT2D eigenvalue weighted by Crippen LogP contribution is -2.49. The predicted octanol–water partition coefficient (Wildman–Crippen LogP) is 2.34. The van der Waals surface area contributed by atoms with Gasteiger partial charge in [0, 0.05) is 43.4 Å². The van der Waals surface area contributed by atoms with Crippen molar-refractivity contribution in [3.63, 3.8) is 0 Å². The Balaban J connectivity index is 1.18. The average molecular weight is 416 g/mol. The molecule has 4 heterocycles. The molecule has 5 rings (SSSR count). The number of nitrogens with one attached hydrogen (secondary N) is 3. The Labute approximate surface area is 179 Å². The Hall–Kier alpha value is -3.88. The number of fused-ring (bicyclic) bond motifs is 1. The van der Waals surface area contributed by atoms with Crippen molar-refractivity contribution >= 4 is 28.4 Å². The zero-order valence-corrected chi connectivity index (χ0v) is 17.0. The second-order valence-electron chi connectivity index (χ2n) is 7.64. The fourth-order valence-electron chi connectivity index (χ4n) is 4.04. The number of amides is 1. The summed E-state index contributed by atoms with van der Waals surface area (Å²) >= 11 is 0. The second-order valence-corrected chi connectivity index (χ2v) is 7.64. The number of piperidine rings is 1. The molecular weight excluding hydrogens is 392 g/mol. The number of rotatable bonds is 6. The third-order valence-electron chi connectivity index (χ3n) is 5.49. The van der Waals surface area contributed by atoms with E-state index in [1.54, 1.807) is 17.2 Å². The maximum absolute atomic E-state index is 12.6. The van der Waals surface area contributed by atoms with Crippen molar-refractivity contribution in [2.24, 2.45) is 0 Å². The zero-order valence-electron chi connectivity index (χ0n) is 17.0. The van der Waals surface area contributed by atoms with Crippen LogP contribution in [0.4, 0.5) is 11.5 Å². The van der Waals surface area contributed by atoms with Crippen LogP contribution in [0.2, 0.25) is 0 Å². The molecule has 9 heteroatoms. The highest BCUT2D eigenvalue weighted by molar-refractivity contribution is 5.87. The van der Waals surface area contributed by atoms with E-state index >= 15 is 0 Å². The second kappa shape index (κ2) is 8.47. The molecule has 3 N–H and O–H groups in total. The van der Waals surface area contributed by atoms with Gasteiger partial charge in [-0.25, -0.2) is 14.6 Å². The van der Waals surface area contributed by atoms with Crippen LogP contribution >= 0.6 is 0 Å². The van der Waals surface area contributed by atoms with Crippen LogP contribution in [0.3, 0.4) is 0 Å². The van der Waals surface area contributed by atoms with Gasteiger partial charge in [0.25, 0.3) is 0 Å². The highest BCUT2D eigenvalue weighted by Gasteiger charge is 2.23. The summed E-state index contributed by atoms with van der Waals surface area (Å²) in [6.45, 7) is 1.87. The molecule has 1 fully saturated rings. The van der Waals surface area contributed by atoms with Crippen molar-refractivity contribution in [2.45, 2.75) is 18.9 Å². The summed E-state index contributed by atoms with van der Waals surface area (Å²) in [6, 6.07) is 11.8. The van der Waals surface area contributed by atoms with E-state index in [2.05, 4.69) is 35.6 Å². The molecule has 0 aliphatic carbocycles. The number of anilines is 2. The predicted molar refractivity (Wildman–Crippen MR) is 119 cm³/mol. The van der Waals surface area contributed by atoms with Crippen LogP contribution in [0.15, 0.2) is 61.3 Å². The van der Waals surface area contributed by atoms with Gasteiger partial charge in [0.2, 0.25) is 5.91 Å². The van der Waals surface area contributed by atoms with Gasteiger partial charge in [-0.1, -0.05) is 6.07 Å². The Morgan fingerprint density at radius 1 is 1.23 bits per heavy atom. The summed E-state index contributed by atoms with van der Waals surface area (Å²) < 4.78 is 1.79. The zero-order chi connectivity index (χ0) is 21.0. The molecule has 31 heavy (non-hydrogen) atoms. The molecule has 1 aromatic carbocycles. The van der Waals surface area contributed by atoms with Gasteiger partial charge in [0.15, 0.2) is 0 Å². The number of H-pyrrole nitrogens is 1. The molecule has 1 aliphatic heterocycles. The number of hydrogen-bond donors (Lipinski definition) is 3. The largest absolute Gasteiger partial charge is 0.376 e. The molecule has 1 amide bonds. The molecule has 1 saturated heterocycles. The van der Waals surface area contributed by atoms with Crippen molar-refractivity contribution in [3.05, 3.63) is 61.3 Å². The van der Waals surface area contributed by atoms with E-state index in [1.807, 2.05) is 48.8 Å². The Morgan fingerprint density at radius 3 is 3.10 bits per heavy atom. The van der Waals surface area contributed by atoms with Crippen molar-refractivity contribution in [1.82, 2.24) is 30.0 Å². The lowest BCUT2D eigenvalue weighted by atomic mass is 10.1. The quantitative estimate of drug-likeness (QED) is 0.446. The van der Waals surface area contributed by atoms with Gasteiger partial charge in [-0.15, -0.1) is 0 Å². The molecule has 4 aromatic rings. The van der Waals surface area contributed by atoms with Crippen LogP contribution < -0.4 is 15.5 Å². The van der Waals surface area contributed by atoms with E-state index < -0.39 is 0 Å². The van der Waals surface area contributed by atoms with E-state index in [0.29, 0.717) is 0 Å². The standard InChI is InChI=1S/C22H24N8O/c31-20(13-24-16-4-1-6-18(12-16)30-11-3-8-27-30)28-17-5-2-10-29(14-17)22-19-7-9-23-21(19)25-15-26-22/h1,3-4,6-9,11-12,15,17,24H,2,5,10,13-14H2,(H,28,31)(H,23,25,26)/t17-/m0/s1. The van der Waals surface area contributed by atoms with Crippen LogP contribution in [-0.4, -0.2) is 56.3 Å². The maximum atomic E-state index is 12.6. The first-order chi connectivity index (χ1) is 15.3. The summed E-state index contributed by atoms with van der Waals surface area (Å²) in [5.74, 6) is 0.893. The van der Waals surface area contributed by atoms with Crippen molar-refractivity contribution < 1.29 is 4.79 Å². The first kappa shape index (κ1) is 19.1. The molecule has 0 unspecified atom stereocenters. The van der Waals surface area contributed by atoms with E-state index in [0.717, 1.165) is 54.2 Å². The number of aromatic nitrogens is 5. The first-order valence-corrected chi connectivity index (χ1v) is 10.4. The topological polar surface area (TPSA) is 104 Å². The van der Waals surface area contributed by atoms with Crippen LogP contribution in [0.25, 0.3) is 16.7 Å². The Bertz CT molecular complexity index is 1170. The minimum absolute atomic E-state index is 0.0224. The van der Waals surface area contributed by atoms with Gasteiger partial charge in [0.1, 0.15) is 17.8 Å². The fourth-order valence-corrected chi connectivity index (χ4v) is 4.04. The van der Waals surface area contributed by atoms with Gasteiger partial charge < -0.3 is 20.5 Å². The number of aromatic amines is 1. The van der Waals surface area contributed by atoms with Crippen molar-refractivity contribution in [3.8, 4) is 5.69 Å². The van der Waals surface area contributed by atoms with Crippen LogP contribution in [0, 0.1) is 0 Å². The van der Waals surface area contributed by atoms with Gasteiger partial charge >= 0.3 is 0 Å². The third-order valence-corrected chi connectivity index (χ3v) is 5.49. The fraction of sp³-hybridized carbons (Fsp3) is 0.273. The Morgan fingerprint density at radius 2 is 2.19 bits per heavy atom. The average Bonchev–Trinajstić information content (AvgIpc) is 3.50. The Kier molecular flexibility index (Phi) is 5.22. The molecule has 1 aliphatic rings. The number of benzene rings is 1. The van der Waals surface area contributed by atoms with E-state index in [1.165, 1.54) is 0 Å². The molecule has 0 saturated carbocycles. The summed E-state index contributed by atoms with van der Waals surface area (Å²) in [7, 11) is 0. The highest BCUT2D eigenvalue weighted by atomic mass is 16.2. The molecule has 0 spiro atoms. The summed E-state index contributed by atoms with van der Waals surface area (Å²) in [5.41, 5.74) is 2.65. The SMILES string of the molecule is O=C(CNc1cccc(-n2cccn2)c1)N[C@H]1CCCN(c2ncnc3[nH]ccc23)C1. The van der Waals surface area contributed by atoms with E-state index in [-0.39, 0.29) is 18.5 Å². The van der Waals surface area contributed by atoms with Crippen LogP contribution in [0.5, 0.6) is 0 Å². The third kappa shape index (κ3) is 4.20. The van der Waals surface area contributed by atoms with E-state index in [9.17, 15) is 4.79 Å². The van der Waals surface area contributed by atoms with Gasteiger partial charge in [0.05, 0.1) is 17.6 Å². The van der Waals surface area contributed by atoms with E-state index in [4.69, 9.17) is 0 Å². The van der Waals surface area contributed by atoms with Crippen LogP contribution in [-0.2, 0) is 4.79 Å². The highest BCUT2D eigenvalue weighted by Crippen LogP contribution is 2.25. The number of nitrogens with zero attached hydrogens (tertiary/aromatic N) is 5. The number of carbonyl (C=O) groups excluding carboxylic acids is 1. The molecule has 158 valence electrons. The monoisotopic (exact) mass is 416 g/mol. The lowest BCUT2D eigenvalue weighted by molar-refractivity contribution is -0.120. The van der Waals surface area contributed by atoms with Gasteiger partial charge in [-0.05, 0) is 43.2 Å². The summed E-state index contributed by atoms with van der Waals surface area (Å²) in [6.07, 6.45) is 9.04.